The molecule has 0 saturated carbocycles. The van der Waals surface area contributed by atoms with Gasteiger partial charge in [-0.25, -0.2) is 0 Å². The predicted octanol–water partition coefficient (Wildman–Crippen LogP) is 0.874. The monoisotopic (exact) mass is 193 g/mol. The van der Waals surface area contributed by atoms with Gasteiger partial charge in [-0.15, -0.1) is 0 Å². The second-order valence-corrected chi connectivity index (χ2v) is 1.72. The van der Waals surface area contributed by atoms with Crippen molar-refractivity contribution in [2.24, 2.45) is 0 Å². The quantitative estimate of drug-likeness (QED) is 0.372. The van der Waals surface area contributed by atoms with Crippen LogP contribution >= 0.6 is 0 Å². The maximum absolute atomic E-state index is 10.4. The number of carbonyl (C=O) groups excluding carboxylic acids is 2. The molecule has 0 aliphatic carbocycles. The summed E-state index contributed by atoms with van der Waals surface area (Å²) in [5.74, 6) is -0.974. The SMILES string of the molecule is CCCC(=O)OC(C)=O.[Cu]. The van der Waals surface area contributed by atoms with E-state index in [1.807, 2.05) is 6.92 Å². The van der Waals surface area contributed by atoms with Gasteiger partial charge >= 0.3 is 11.9 Å². The molecule has 10 heavy (non-hydrogen) atoms. The van der Waals surface area contributed by atoms with E-state index in [1.54, 1.807) is 0 Å². The summed E-state index contributed by atoms with van der Waals surface area (Å²) in [7, 11) is 0. The molecule has 0 aromatic carbocycles. The van der Waals surface area contributed by atoms with Crippen LogP contribution in [0.15, 0.2) is 0 Å². The summed E-state index contributed by atoms with van der Waals surface area (Å²) in [4.78, 5) is 20.5. The molecule has 4 heteroatoms. The van der Waals surface area contributed by atoms with Crippen molar-refractivity contribution in [1.82, 2.24) is 0 Å². The first-order valence-corrected chi connectivity index (χ1v) is 2.88. The van der Waals surface area contributed by atoms with Gasteiger partial charge in [0.15, 0.2) is 0 Å². The van der Waals surface area contributed by atoms with Gasteiger partial charge in [0.2, 0.25) is 0 Å². The van der Waals surface area contributed by atoms with Crippen molar-refractivity contribution in [3.8, 4) is 0 Å². The number of ether oxygens (including phenoxy) is 1. The average Bonchev–Trinajstić information content (AvgIpc) is 1.63. The largest absolute Gasteiger partial charge is 0.393 e. The Kier molecular flexibility index (Phi) is 8.36. The van der Waals surface area contributed by atoms with Crippen LogP contribution in [0.2, 0.25) is 0 Å². The van der Waals surface area contributed by atoms with Crippen molar-refractivity contribution in [2.75, 3.05) is 0 Å². The van der Waals surface area contributed by atoms with Crippen LogP contribution in [0.5, 0.6) is 0 Å². The number of hydrogen-bond donors (Lipinski definition) is 0. The summed E-state index contributed by atoms with van der Waals surface area (Å²) in [6.07, 6.45) is 1.03. The average molecular weight is 194 g/mol. The molecule has 0 fully saturated rings. The minimum atomic E-state index is -0.534. The molecule has 0 heterocycles. The minimum absolute atomic E-state index is 0. The van der Waals surface area contributed by atoms with Crippen LogP contribution in [0.1, 0.15) is 26.7 Å². The molecule has 0 amide bonds. The molecule has 63 valence electrons. The zero-order valence-corrected chi connectivity index (χ0v) is 6.88. The Balaban J connectivity index is 0. The van der Waals surface area contributed by atoms with E-state index in [4.69, 9.17) is 0 Å². The molecule has 0 bridgehead atoms. The maximum Gasteiger partial charge on any atom is 0.313 e. The molecule has 1 radical (unpaired) electrons. The first-order chi connectivity index (χ1) is 4.16. The molecule has 0 aliphatic heterocycles. The van der Waals surface area contributed by atoms with Crippen LogP contribution in [-0.4, -0.2) is 11.9 Å². The second kappa shape index (κ2) is 6.77. The van der Waals surface area contributed by atoms with Crippen molar-refractivity contribution in [3.05, 3.63) is 0 Å². The standard InChI is InChI=1S/C6H10O3.Cu/c1-3-4-6(8)9-5(2)7;/h3-4H2,1-2H3;. The zero-order valence-electron chi connectivity index (χ0n) is 5.94. The van der Waals surface area contributed by atoms with Gasteiger partial charge in [-0.1, -0.05) is 6.92 Å². The van der Waals surface area contributed by atoms with Gasteiger partial charge in [-0.2, -0.15) is 0 Å². The van der Waals surface area contributed by atoms with E-state index >= 15 is 0 Å². The van der Waals surface area contributed by atoms with Crippen molar-refractivity contribution < 1.29 is 31.4 Å². The molecule has 0 saturated heterocycles. The third-order valence-corrected chi connectivity index (χ3v) is 0.712. The van der Waals surface area contributed by atoms with Crippen LogP contribution in [0.4, 0.5) is 0 Å². The summed E-state index contributed by atoms with van der Waals surface area (Å²) in [6, 6.07) is 0. The van der Waals surface area contributed by atoms with Gasteiger partial charge in [0, 0.05) is 30.4 Å². The molecular formula is C6H10CuO3. The minimum Gasteiger partial charge on any atom is -0.393 e. The van der Waals surface area contributed by atoms with Crippen molar-refractivity contribution in [3.63, 3.8) is 0 Å². The zero-order chi connectivity index (χ0) is 7.28. The molecule has 0 atom stereocenters. The molecule has 0 aromatic heterocycles. The van der Waals surface area contributed by atoms with E-state index in [9.17, 15) is 9.59 Å². The summed E-state index contributed by atoms with van der Waals surface area (Å²) in [6.45, 7) is 3.06. The Morgan fingerprint density at radius 3 is 2.20 bits per heavy atom. The fourth-order valence-electron chi connectivity index (χ4n) is 0.415. The van der Waals surface area contributed by atoms with E-state index < -0.39 is 11.9 Å². The fraction of sp³-hybridized carbons (Fsp3) is 0.667. The van der Waals surface area contributed by atoms with Gasteiger partial charge in [-0.05, 0) is 6.42 Å². The van der Waals surface area contributed by atoms with Crippen LogP contribution in [0.25, 0.3) is 0 Å². The first kappa shape index (κ1) is 12.3. The van der Waals surface area contributed by atoms with Crippen LogP contribution in [-0.2, 0) is 31.4 Å². The molecule has 0 aliphatic rings. The van der Waals surface area contributed by atoms with E-state index in [0.29, 0.717) is 12.8 Å². The Hall–Kier alpha value is -0.341. The number of hydrogen-bond acceptors (Lipinski definition) is 3. The number of carbonyl (C=O) groups is 2. The van der Waals surface area contributed by atoms with Crippen LogP contribution in [0, 0.1) is 0 Å². The van der Waals surface area contributed by atoms with Gasteiger partial charge in [0.1, 0.15) is 0 Å². The normalized spacial score (nSPS) is 7.80. The number of esters is 2. The summed E-state index contributed by atoms with van der Waals surface area (Å²) < 4.78 is 4.21. The molecule has 0 N–H and O–H groups in total. The van der Waals surface area contributed by atoms with E-state index in [2.05, 4.69) is 4.74 Å². The Labute approximate surface area is 70.6 Å². The van der Waals surface area contributed by atoms with E-state index in [-0.39, 0.29) is 17.1 Å². The third-order valence-electron chi connectivity index (χ3n) is 0.712. The first-order valence-electron chi connectivity index (χ1n) is 2.88. The van der Waals surface area contributed by atoms with Gasteiger partial charge in [0.25, 0.3) is 0 Å². The summed E-state index contributed by atoms with van der Waals surface area (Å²) in [5.41, 5.74) is 0. The Bertz CT molecular complexity index is 122. The molecule has 0 unspecified atom stereocenters. The van der Waals surface area contributed by atoms with Gasteiger partial charge in [-0.3, -0.25) is 9.59 Å². The topological polar surface area (TPSA) is 43.4 Å². The summed E-state index contributed by atoms with van der Waals surface area (Å²) in [5, 5.41) is 0. The molecule has 0 aromatic rings. The maximum atomic E-state index is 10.4. The fourth-order valence-corrected chi connectivity index (χ4v) is 0.415. The molecule has 0 rings (SSSR count). The van der Waals surface area contributed by atoms with Crippen LogP contribution in [0.3, 0.4) is 0 Å². The third kappa shape index (κ3) is 7.66. The molecule has 0 spiro atoms. The van der Waals surface area contributed by atoms with Crippen LogP contribution < -0.4 is 0 Å². The van der Waals surface area contributed by atoms with Crippen molar-refractivity contribution >= 4 is 11.9 Å². The predicted molar refractivity (Wildman–Crippen MR) is 31.7 cm³/mol. The molecular weight excluding hydrogens is 184 g/mol. The van der Waals surface area contributed by atoms with Gasteiger partial charge in [0.05, 0.1) is 0 Å². The second-order valence-electron chi connectivity index (χ2n) is 1.72. The van der Waals surface area contributed by atoms with Crippen molar-refractivity contribution in [1.29, 1.82) is 0 Å². The van der Waals surface area contributed by atoms with Crippen molar-refractivity contribution in [2.45, 2.75) is 26.7 Å². The Morgan fingerprint density at radius 2 is 1.90 bits per heavy atom. The number of rotatable bonds is 2. The van der Waals surface area contributed by atoms with Gasteiger partial charge < -0.3 is 4.74 Å². The smallest absolute Gasteiger partial charge is 0.313 e. The molecule has 3 nitrogen and oxygen atoms in total. The Morgan fingerprint density at radius 1 is 1.40 bits per heavy atom. The van der Waals surface area contributed by atoms with E-state index in [1.165, 1.54) is 6.92 Å². The van der Waals surface area contributed by atoms with E-state index in [0.717, 1.165) is 0 Å². The summed E-state index contributed by atoms with van der Waals surface area (Å²) >= 11 is 0.